The van der Waals surface area contributed by atoms with Crippen molar-refractivity contribution in [3.63, 3.8) is 0 Å². The monoisotopic (exact) mass is 373 g/mol. The van der Waals surface area contributed by atoms with E-state index in [-0.39, 0.29) is 81.2 Å². The van der Waals surface area contributed by atoms with Gasteiger partial charge in [-0.25, -0.2) is 0 Å². The Bertz CT molecular complexity index is 917. The molecule has 1 aliphatic rings. The van der Waals surface area contributed by atoms with Crippen LogP contribution in [0.25, 0.3) is 10.9 Å². The van der Waals surface area contributed by atoms with Gasteiger partial charge in [0.25, 0.3) is 0 Å². The minimum Gasteiger partial charge on any atom is -0.526 e. The zero-order valence-corrected chi connectivity index (χ0v) is 17.3. The van der Waals surface area contributed by atoms with Crippen molar-refractivity contribution in [1.82, 2.24) is 4.98 Å². The number of benzene rings is 2. The summed E-state index contributed by atoms with van der Waals surface area (Å²) in [6, 6.07) is 16.6. The summed E-state index contributed by atoms with van der Waals surface area (Å²) in [6.45, 7) is 0. The Hall–Kier alpha value is -1.20. The molecular formula is C18H10NO3Rb. The van der Waals surface area contributed by atoms with Gasteiger partial charge in [0.1, 0.15) is 0 Å². The number of rotatable bonds is 1. The van der Waals surface area contributed by atoms with Crippen molar-refractivity contribution in [3.8, 4) is 5.75 Å². The predicted octanol–water partition coefficient (Wildman–Crippen LogP) is -0.0926. The van der Waals surface area contributed by atoms with Gasteiger partial charge in [0.15, 0.2) is 11.6 Å². The van der Waals surface area contributed by atoms with Gasteiger partial charge in [-0.3, -0.25) is 9.59 Å². The number of pyridine rings is 1. The fraction of sp³-hybridized carbons (Fsp3) is 0.0556. The van der Waals surface area contributed by atoms with E-state index in [9.17, 15) is 14.7 Å². The Morgan fingerprint density at radius 3 is 2.13 bits per heavy atom. The standard InChI is InChI=1S/C18H10NO3.Rb/c20-14-9-10-5-1-4-8-13(10)19-16(14)15-17(21)11-6-2-3-7-12(11)18(15)22;/h1-8,15,20H;/q-1;+1. The van der Waals surface area contributed by atoms with Gasteiger partial charge in [0.2, 0.25) is 0 Å². The van der Waals surface area contributed by atoms with Crippen molar-refractivity contribution in [2.45, 2.75) is 5.92 Å². The van der Waals surface area contributed by atoms with Crippen LogP contribution in [0.4, 0.5) is 0 Å². The maximum Gasteiger partial charge on any atom is 1.00 e. The number of fused-ring (bicyclic) bond motifs is 2. The maximum atomic E-state index is 12.5. The van der Waals surface area contributed by atoms with Crippen LogP contribution in [0.1, 0.15) is 32.3 Å². The van der Waals surface area contributed by atoms with Crippen molar-refractivity contribution in [1.29, 1.82) is 0 Å². The number of carbonyl (C=O) groups is 2. The normalized spacial score (nSPS) is 13.9. The Morgan fingerprint density at radius 1 is 0.913 bits per heavy atom. The molecule has 1 aliphatic carbocycles. The van der Waals surface area contributed by atoms with E-state index >= 15 is 0 Å². The molecule has 0 amide bonds. The van der Waals surface area contributed by atoms with Crippen molar-refractivity contribution < 1.29 is 72.9 Å². The average molecular weight is 374 g/mol. The SMILES string of the molecule is O=C1c2ccccc2C(=O)C1c1nc2ccccc2[c-]c1O.[Rb+]. The molecule has 0 atom stereocenters. The van der Waals surface area contributed by atoms with Gasteiger partial charge in [0, 0.05) is 16.8 Å². The molecule has 0 bridgehead atoms. The fourth-order valence-corrected chi connectivity index (χ4v) is 2.84. The van der Waals surface area contributed by atoms with Crippen LogP contribution >= 0.6 is 0 Å². The second kappa shape index (κ2) is 6.36. The van der Waals surface area contributed by atoms with Crippen molar-refractivity contribution in [2.24, 2.45) is 0 Å². The molecule has 1 aromatic heterocycles. The zero-order chi connectivity index (χ0) is 15.3. The Morgan fingerprint density at radius 2 is 1.48 bits per heavy atom. The second-order valence-corrected chi connectivity index (χ2v) is 5.19. The van der Waals surface area contributed by atoms with Crippen molar-refractivity contribution >= 4 is 22.5 Å². The van der Waals surface area contributed by atoms with E-state index in [0.29, 0.717) is 22.0 Å². The number of carbonyl (C=O) groups excluding carboxylic acids is 2. The summed E-state index contributed by atoms with van der Waals surface area (Å²) in [6.07, 6.45) is 0. The zero-order valence-electron chi connectivity index (χ0n) is 12.4. The third kappa shape index (κ3) is 2.64. The summed E-state index contributed by atoms with van der Waals surface area (Å²) in [5.41, 5.74) is 1.43. The first-order chi connectivity index (χ1) is 10.7. The Kier molecular flexibility index (Phi) is 4.60. The van der Waals surface area contributed by atoms with Crippen molar-refractivity contribution in [3.05, 3.63) is 71.4 Å². The molecule has 0 fully saturated rings. The summed E-state index contributed by atoms with van der Waals surface area (Å²) in [5, 5.41) is 10.8. The van der Waals surface area contributed by atoms with E-state index in [4.69, 9.17) is 0 Å². The predicted molar refractivity (Wildman–Crippen MR) is 80.1 cm³/mol. The molecule has 4 rings (SSSR count). The molecule has 0 saturated heterocycles. The number of para-hydroxylation sites is 1. The smallest absolute Gasteiger partial charge is 0.526 e. The van der Waals surface area contributed by atoms with E-state index in [0.717, 1.165) is 0 Å². The number of hydrogen-bond acceptors (Lipinski definition) is 4. The molecule has 106 valence electrons. The molecule has 5 heteroatoms. The molecule has 0 spiro atoms. The number of hydrogen-bond donors (Lipinski definition) is 1. The molecule has 0 radical (unpaired) electrons. The van der Waals surface area contributed by atoms with Gasteiger partial charge in [-0.15, -0.1) is 17.5 Å². The molecule has 23 heavy (non-hydrogen) atoms. The van der Waals surface area contributed by atoms with Crippen LogP contribution in [0.15, 0.2) is 48.5 Å². The van der Waals surface area contributed by atoms with Crippen LogP contribution < -0.4 is 58.2 Å². The third-order valence-corrected chi connectivity index (χ3v) is 3.90. The van der Waals surface area contributed by atoms with Gasteiger partial charge in [-0.2, -0.15) is 0 Å². The minimum absolute atomic E-state index is 0. The molecule has 0 saturated carbocycles. The van der Waals surface area contributed by atoms with E-state index in [1.165, 1.54) is 0 Å². The van der Waals surface area contributed by atoms with E-state index in [2.05, 4.69) is 11.1 Å². The number of aromatic nitrogens is 1. The first kappa shape index (κ1) is 16.6. The summed E-state index contributed by atoms with van der Waals surface area (Å²) in [7, 11) is 0. The topological polar surface area (TPSA) is 67.3 Å². The number of nitrogens with zero attached hydrogens (tertiary/aromatic N) is 1. The van der Waals surface area contributed by atoms with Gasteiger partial charge >= 0.3 is 58.2 Å². The second-order valence-electron chi connectivity index (χ2n) is 5.19. The summed E-state index contributed by atoms with van der Waals surface area (Å²) >= 11 is 0. The van der Waals surface area contributed by atoms with Crippen LogP contribution in [0.5, 0.6) is 5.75 Å². The molecule has 0 unspecified atom stereocenters. The van der Waals surface area contributed by atoms with Crippen molar-refractivity contribution in [2.75, 3.05) is 0 Å². The van der Waals surface area contributed by atoms with Crippen LogP contribution in [-0.2, 0) is 0 Å². The summed E-state index contributed by atoms with van der Waals surface area (Å²) in [5.74, 6) is -1.99. The van der Waals surface area contributed by atoms with E-state index < -0.39 is 5.92 Å². The molecule has 4 nitrogen and oxygen atoms in total. The van der Waals surface area contributed by atoms with Gasteiger partial charge < -0.3 is 10.1 Å². The molecule has 0 aliphatic heterocycles. The average Bonchev–Trinajstić information content (AvgIpc) is 2.79. The molecule has 3 aromatic rings. The first-order valence-electron chi connectivity index (χ1n) is 6.85. The van der Waals surface area contributed by atoms with Crippen LogP contribution in [0.2, 0.25) is 0 Å². The Balaban J connectivity index is 0.00000156. The van der Waals surface area contributed by atoms with Gasteiger partial charge in [0.05, 0.1) is 11.7 Å². The summed E-state index contributed by atoms with van der Waals surface area (Å²) in [4.78, 5) is 29.3. The third-order valence-electron chi connectivity index (χ3n) is 3.90. The minimum atomic E-state index is -1.08. The van der Waals surface area contributed by atoms with Crippen LogP contribution in [-0.4, -0.2) is 21.7 Å². The van der Waals surface area contributed by atoms with Crippen LogP contribution in [0, 0.1) is 6.07 Å². The fourth-order valence-electron chi connectivity index (χ4n) is 2.84. The van der Waals surface area contributed by atoms with Gasteiger partial charge in [-0.1, -0.05) is 42.5 Å². The quantitative estimate of drug-likeness (QED) is 0.478. The first-order valence-corrected chi connectivity index (χ1v) is 6.85. The number of Topliss-reactive ketones (excluding diaryl/α,β-unsaturated/α-hetero) is 2. The molecule has 1 heterocycles. The summed E-state index contributed by atoms with van der Waals surface area (Å²) < 4.78 is 0. The molecule has 1 N–H and O–H groups in total. The molecule has 2 aromatic carbocycles. The number of aromatic hydroxyl groups is 1. The Labute approximate surface area is 181 Å². The largest absolute Gasteiger partial charge is 1.00 e. The molecular weight excluding hydrogens is 364 g/mol. The maximum absolute atomic E-state index is 12.5. The van der Waals surface area contributed by atoms with Crippen LogP contribution in [0.3, 0.4) is 0 Å². The van der Waals surface area contributed by atoms with E-state index in [1.54, 1.807) is 48.5 Å². The van der Waals surface area contributed by atoms with E-state index in [1.807, 2.05) is 0 Å². The number of ketones is 2. The van der Waals surface area contributed by atoms with Gasteiger partial charge in [-0.05, 0) is 5.52 Å².